The number of carboxylic acids is 1. The Balaban J connectivity index is 1.48. The molecule has 126 valence electrons. The smallest absolute Gasteiger partial charge is 0.356 e. The zero-order valence-electron chi connectivity index (χ0n) is 13.5. The SMILES string of the molecule is O=C(O)c1ccn(CC(=O)N2CCC(Cc3ccccc3)CC2)n1. The van der Waals surface area contributed by atoms with Crippen LogP contribution in [-0.2, 0) is 17.8 Å². The lowest BCUT2D eigenvalue weighted by Gasteiger charge is -2.32. The van der Waals surface area contributed by atoms with Gasteiger partial charge < -0.3 is 10.0 Å². The molecule has 2 heterocycles. The number of amides is 1. The average Bonchev–Trinajstić information content (AvgIpc) is 3.05. The van der Waals surface area contributed by atoms with Gasteiger partial charge in [0.15, 0.2) is 5.69 Å². The maximum Gasteiger partial charge on any atom is 0.356 e. The van der Waals surface area contributed by atoms with E-state index in [0.29, 0.717) is 5.92 Å². The van der Waals surface area contributed by atoms with E-state index in [4.69, 9.17) is 5.11 Å². The zero-order chi connectivity index (χ0) is 16.9. The maximum atomic E-state index is 12.3. The fraction of sp³-hybridized carbons (Fsp3) is 0.389. The molecule has 0 saturated carbocycles. The normalized spacial score (nSPS) is 15.4. The highest BCUT2D eigenvalue weighted by Crippen LogP contribution is 2.21. The molecule has 1 aliphatic heterocycles. The quantitative estimate of drug-likeness (QED) is 0.912. The van der Waals surface area contributed by atoms with E-state index >= 15 is 0 Å². The summed E-state index contributed by atoms with van der Waals surface area (Å²) in [6, 6.07) is 11.8. The van der Waals surface area contributed by atoms with Gasteiger partial charge >= 0.3 is 5.97 Å². The van der Waals surface area contributed by atoms with Crippen LogP contribution in [0.25, 0.3) is 0 Å². The average molecular weight is 327 g/mol. The molecule has 0 bridgehead atoms. The van der Waals surface area contributed by atoms with Crippen molar-refractivity contribution in [1.82, 2.24) is 14.7 Å². The summed E-state index contributed by atoms with van der Waals surface area (Å²) in [6.07, 6.45) is 4.59. The summed E-state index contributed by atoms with van der Waals surface area (Å²) in [5.41, 5.74) is 1.31. The van der Waals surface area contributed by atoms with Gasteiger partial charge in [0.25, 0.3) is 0 Å². The number of aromatic nitrogens is 2. The fourth-order valence-electron chi connectivity index (χ4n) is 3.14. The standard InChI is InChI=1S/C18H21N3O3/c22-17(13-21-11-8-16(19-21)18(23)24)20-9-6-15(7-10-20)12-14-4-2-1-3-5-14/h1-5,8,11,15H,6-7,9-10,12-13H2,(H,23,24). The summed E-state index contributed by atoms with van der Waals surface area (Å²) < 4.78 is 1.39. The van der Waals surface area contributed by atoms with Crippen LogP contribution >= 0.6 is 0 Å². The third-order valence-corrected chi connectivity index (χ3v) is 4.49. The second kappa shape index (κ2) is 7.29. The maximum absolute atomic E-state index is 12.3. The molecule has 6 heteroatoms. The van der Waals surface area contributed by atoms with Crippen LogP contribution in [0.1, 0.15) is 28.9 Å². The van der Waals surface area contributed by atoms with E-state index < -0.39 is 5.97 Å². The van der Waals surface area contributed by atoms with Crippen molar-refractivity contribution in [2.75, 3.05) is 13.1 Å². The molecular weight excluding hydrogens is 306 g/mol. The number of likely N-dealkylation sites (tertiary alicyclic amines) is 1. The summed E-state index contributed by atoms with van der Waals surface area (Å²) in [4.78, 5) is 25.0. The Morgan fingerprint density at radius 2 is 1.83 bits per heavy atom. The van der Waals surface area contributed by atoms with Crippen LogP contribution in [0, 0.1) is 5.92 Å². The van der Waals surface area contributed by atoms with Gasteiger partial charge in [-0.25, -0.2) is 4.79 Å². The Bertz CT molecular complexity index is 703. The predicted molar refractivity (Wildman–Crippen MR) is 88.6 cm³/mol. The number of carbonyl (C=O) groups excluding carboxylic acids is 1. The lowest BCUT2D eigenvalue weighted by atomic mass is 9.90. The molecule has 1 aliphatic rings. The lowest BCUT2D eigenvalue weighted by Crippen LogP contribution is -2.40. The Kier molecular flexibility index (Phi) is 4.93. The van der Waals surface area contributed by atoms with Gasteiger partial charge in [-0.2, -0.15) is 5.10 Å². The zero-order valence-corrected chi connectivity index (χ0v) is 13.5. The molecule has 24 heavy (non-hydrogen) atoms. The Morgan fingerprint density at radius 3 is 2.46 bits per heavy atom. The molecule has 1 N–H and O–H groups in total. The largest absolute Gasteiger partial charge is 0.476 e. The number of piperidine rings is 1. The van der Waals surface area contributed by atoms with Crippen molar-refractivity contribution in [3.63, 3.8) is 0 Å². The first-order valence-electron chi connectivity index (χ1n) is 8.20. The molecule has 0 aliphatic carbocycles. The molecule has 0 unspecified atom stereocenters. The van der Waals surface area contributed by atoms with Crippen LogP contribution in [0.5, 0.6) is 0 Å². The van der Waals surface area contributed by atoms with E-state index in [1.807, 2.05) is 11.0 Å². The number of carbonyl (C=O) groups is 2. The number of nitrogens with zero attached hydrogens (tertiary/aromatic N) is 3. The number of carboxylic acid groups (broad SMARTS) is 1. The van der Waals surface area contributed by atoms with Crippen molar-refractivity contribution in [1.29, 1.82) is 0 Å². The predicted octanol–water partition coefficient (Wildman–Crippen LogP) is 2.06. The molecule has 0 radical (unpaired) electrons. The first-order valence-corrected chi connectivity index (χ1v) is 8.20. The number of aromatic carboxylic acids is 1. The van der Waals surface area contributed by atoms with E-state index in [2.05, 4.69) is 29.4 Å². The third-order valence-electron chi connectivity index (χ3n) is 4.49. The van der Waals surface area contributed by atoms with Crippen molar-refractivity contribution in [3.8, 4) is 0 Å². The third kappa shape index (κ3) is 4.01. The monoisotopic (exact) mass is 327 g/mol. The summed E-state index contributed by atoms with van der Waals surface area (Å²) >= 11 is 0. The van der Waals surface area contributed by atoms with Gasteiger partial charge in [-0.3, -0.25) is 9.48 Å². The summed E-state index contributed by atoms with van der Waals surface area (Å²) in [5, 5.41) is 12.7. The second-order valence-corrected chi connectivity index (χ2v) is 6.22. The first kappa shape index (κ1) is 16.2. The van der Waals surface area contributed by atoms with E-state index in [-0.39, 0.29) is 18.1 Å². The minimum atomic E-state index is -1.08. The minimum absolute atomic E-state index is 0.00630. The van der Waals surface area contributed by atoms with Crippen LogP contribution in [0.15, 0.2) is 42.6 Å². The topological polar surface area (TPSA) is 75.4 Å². The van der Waals surface area contributed by atoms with Gasteiger partial charge in [0, 0.05) is 19.3 Å². The highest BCUT2D eigenvalue weighted by Gasteiger charge is 2.23. The van der Waals surface area contributed by atoms with Gasteiger partial charge in [-0.1, -0.05) is 30.3 Å². The van der Waals surface area contributed by atoms with Crippen molar-refractivity contribution in [2.24, 2.45) is 5.92 Å². The molecular formula is C18H21N3O3. The second-order valence-electron chi connectivity index (χ2n) is 6.22. The Morgan fingerprint density at radius 1 is 1.12 bits per heavy atom. The van der Waals surface area contributed by atoms with Crippen molar-refractivity contribution in [3.05, 3.63) is 53.9 Å². The van der Waals surface area contributed by atoms with Gasteiger partial charge in [0.1, 0.15) is 6.54 Å². The van der Waals surface area contributed by atoms with Gasteiger partial charge in [0.05, 0.1) is 0 Å². The molecule has 1 aromatic heterocycles. The van der Waals surface area contributed by atoms with E-state index in [1.54, 1.807) is 0 Å². The van der Waals surface area contributed by atoms with Crippen LogP contribution < -0.4 is 0 Å². The summed E-state index contributed by atoms with van der Waals surface area (Å²) in [7, 11) is 0. The molecule has 2 aromatic rings. The van der Waals surface area contributed by atoms with E-state index in [9.17, 15) is 9.59 Å². The summed E-state index contributed by atoms with van der Waals surface area (Å²) in [5.74, 6) is -0.476. The first-order chi connectivity index (χ1) is 11.6. The number of rotatable bonds is 5. The van der Waals surface area contributed by atoms with Gasteiger partial charge in [-0.05, 0) is 36.8 Å². The molecule has 1 saturated heterocycles. The molecule has 1 fully saturated rings. The van der Waals surface area contributed by atoms with Crippen LogP contribution in [-0.4, -0.2) is 44.8 Å². The molecule has 1 aromatic carbocycles. The Labute approximate surface area is 140 Å². The number of benzene rings is 1. The van der Waals surface area contributed by atoms with Gasteiger partial charge in [-0.15, -0.1) is 0 Å². The van der Waals surface area contributed by atoms with Crippen LogP contribution in [0.2, 0.25) is 0 Å². The van der Waals surface area contributed by atoms with E-state index in [1.165, 1.54) is 22.5 Å². The number of hydrogen-bond acceptors (Lipinski definition) is 3. The number of hydrogen-bond donors (Lipinski definition) is 1. The van der Waals surface area contributed by atoms with Crippen LogP contribution in [0.4, 0.5) is 0 Å². The highest BCUT2D eigenvalue weighted by atomic mass is 16.4. The molecule has 1 amide bonds. The molecule has 6 nitrogen and oxygen atoms in total. The fourth-order valence-corrected chi connectivity index (χ4v) is 3.14. The molecule has 3 rings (SSSR count). The highest BCUT2D eigenvalue weighted by molar-refractivity contribution is 5.85. The Hall–Kier alpha value is -2.63. The minimum Gasteiger partial charge on any atom is -0.476 e. The lowest BCUT2D eigenvalue weighted by molar-refractivity contribution is -0.133. The van der Waals surface area contributed by atoms with Crippen molar-refractivity contribution >= 4 is 11.9 Å². The van der Waals surface area contributed by atoms with Crippen LogP contribution in [0.3, 0.4) is 0 Å². The summed E-state index contributed by atoms with van der Waals surface area (Å²) in [6.45, 7) is 1.60. The van der Waals surface area contributed by atoms with Gasteiger partial charge in [0.2, 0.25) is 5.91 Å². The molecule has 0 spiro atoms. The van der Waals surface area contributed by atoms with Crippen molar-refractivity contribution in [2.45, 2.75) is 25.8 Å². The van der Waals surface area contributed by atoms with Crippen molar-refractivity contribution < 1.29 is 14.7 Å². The molecule has 0 atom stereocenters. The van der Waals surface area contributed by atoms with E-state index in [0.717, 1.165) is 32.4 Å².